The molecule has 1 aliphatic heterocycles. The Morgan fingerprint density at radius 1 is 1.00 bits per heavy atom. The number of halogens is 1. The Balaban J connectivity index is 0.00000363. The molecular weight excluding hydrogens is 517 g/mol. The highest BCUT2D eigenvalue weighted by molar-refractivity contribution is 14.0. The number of likely N-dealkylation sites (tertiary alicyclic amines) is 1. The highest BCUT2D eigenvalue weighted by Crippen LogP contribution is 2.16. The lowest BCUT2D eigenvalue weighted by Crippen LogP contribution is -2.46. The molecule has 1 fully saturated rings. The lowest BCUT2D eigenvalue weighted by molar-refractivity contribution is 0.00989. The fraction of sp³-hybridized carbons (Fsp3) is 0.480. The Labute approximate surface area is 209 Å². The minimum atomic E-state index is 0. The summed E-state index contributed by atoms with van der Waals surface area (Å²) in [6.45, 7) is 4.77. The molecule has 1 heterocycles. The zero-order chi connectivity index (χ0) is 21.7. The molecule has 0 saturated carbocycles. The molecule has 1 aliphatic rings. The summed E-state index contributed by atoms with van der Waals surface area (Å²) in [5.74, 6) is 1.83. The van der Waals surface area contributed by atoms with Crippen LogP contribution in [0.2, 0.25) is 0 Å². The number of nitrogens with zero attached hydrogens (tertiary/aromatic N) is 2. The van der Waals surface area contributed by atoms with Crippen LogP contribution in [-0.2, 0) is 22.6 Å². The number of ether oxygens (including phenoxy) is 3. The summed E-state index contributed by atoms with van der Waals surface area (Å²) in [5.41, 5.74) is 2.37. The van der Waals surface area contributed by atoms with E-state index in [1.165, 1.54) is 11.1 Å². The first kappa shape index (κ1) is 26.4. The molecule has 0 radical (unpaired) electrons. The summed E-state index contributed by atoms with van der Waals surface area (Å²) >= 11 is 0. The van der Waals surface area contributed by atoms with Crippen molar-refractivity contribution in [2.45, 2.75) is 38.5 Å². The van der Waals surface area contributed by atoms with E-state index in [0.29, 0.717) is 12.7 Å². The second-order valence-corrected chi connectivity index (χ2v) is 7.72. The van der Waals surface area contributed by atoms with Gasteiger partial charge < -0.3 is 24.4 Å². The van der Waals surface area contributed by atoms with E-state index < -0.39 is 0 Å². The van der Waals surface area contributed by atoms with Crippen LogP contribution in [0.15, 0.2) is 59.6 Å². The van der Waals surface area contributed by atoms with Crippen molar-refractivity contribution in [3.05, 3.63) is 65.7 Å². The minimum absolute atomic E-state index is 0. The van der Waals surface area contributed by atoms with Gasteiger partial charge in [0.25, 0.3) is 0 Å². The molecule has 1 saturated heterocycles. The molecule has 7 heteroatoms. The van der Waals surface area contributed by atoms with Crippen molar-refractivity contribution in [1.29, 1.82) is 0 Å². The zero-order valence-corrected chi connectivity index (χ0v) is 21.5. The Hall–Kier alpha value is -1.84. The number of benzene rings is 2. The fourth-order valence-electron chi connectivity index (χ4n) is 3.65. The van der Waals surface area contributed by atoms with Crippen LogP contribution in [0.5, 0.6) is 5.75 Å². The molecule has 0 atom stereocenters. The van der Waals surface area contributed by atoms with E-state index in [4.69, 9.17) is 14.2 Å². The molecule has 2 aromatic rings. The molecule has 3 rings (SSSR count). The first-order valence-corrected chi connectivity index (χ1v) is 11.1. The average Bonchev–Trinajstić information content (AvgIpc) is 2.83. The van der Waals surface area contributed by atoms with Crippen LogP contribution in [0.3, 0.4) is 0 Å². The van der Waals surface area contributed by atoms with Crippen LogP contribution in [0.4, 0.5) is 0 Å². The Morgan fingerprint density at radius 2 is 1.72 bits per heavy atom. The van der Waals surface area contributed by atoms with E-state index in [9.17, 15) is 0 Å². The van der Waals surface area contributed by atoms with E-state index >= 15 is 0 Å². The largest absolute Gasteiger partial charge is 0.489 e. The number of hydrogen-bond acceptors (Lipinski definition) is 4. The molecule has 2 aromatic carbocycles. The first-order valence-electron chi connectivity index (χ1n) is 11.1. The molecule has 0 bridgehead atoms. The minimum Gasteiger partial charge on any atom is -0.489 e. The Bertz CT molecular complexity index is 779. The van der Waals surface area contributed by atoms with Gasteiger partial charge >= 0.3 is 0 Å². The number of methoxy groups -OCH3 is 1. The molecule has 0 spiro atoms. The highest BCUT2D eigenvalue weighted by Gasteiger charge is 2.21. The van der Waals surface area contributed by atoms with E-state index in [1.54, 1.807) is 7.11 Å². The van der Waals surface area contributed by atoms with Crippen LogP contribution in [0, 0.1) is 0 Å². The highest BCUT2D eigenvalue weighted by atomic mass is 127. The fourth-order valence-corrected chi connectivity index (χ4v) is 3.65. The Kier molecular flexibility index (Phi) is 12.4. The average molecular weight is 553 g/mol. The smallest absolute Gasteiger partial charge is 0.193 e. The van der Waals surface area contributed by atoms with Gasteiger partial charge in [-0.1, -0.05) is 42.5 Å². The van der Waals surface area contributed by atoms with E-state index in [1.807, 2.05) is 37.4 Å². The summed E-state index contributed by atoms with van der Waals surface area (Å²) < 4.78 is 16.9. The summed E-state index contributed by atoms with van der Waals surface area (Å²) in [6, 6.07) is 18.4. The van der Waals surface area contributed by atoms with E-state index in [-0.39, 0.29) is 24.0 Å². The molecule has 0 aliphatic carbocycles. The van der Waals surface area contributed by atoms with Gasteiger partial charge in [-0.25, -0.2) is 0 Å². The third-order valence-corrected chi connectivity index (χ3v) is 5.42. The standard InChI is InChI=1S/C25H35N3O3.HI/c1-26-25(28-15-13-24(14-16-28)30-18-6-17-29-2)27-19-21-9-11-23(12-10-21)31-20-22-7-4-3-5-8-22;/h3-5,7-12,24H,6,13-20H2,1-2H3,(H,26,27);1H. The van der Waals surface area contributed by atoms with Gasteiger partial charge in [0.2, 0.25) is 0 Å². The van der Waals surface area contributed by atoms with Crippen molar-refractivity contribution in [2.24, 2.45) is 4.99 Å². The van der Waals surface area contributed by atoms with Crippen LogP contribution < -0.4 is 10.1 Å². The van der Waals surface area contributed by atoms with Crippen molar-refractivity contribution in [2.75, 3.05) is 40.5 Å². The predicted molar refractivity (Wildman–Crippen MR) is 140 cm³/mol. The topological polar surface area (TPSA) is 55.3 Å². The summed E-state index contributed by atoms with van der Waals surface area (Å²) in [5, 5.41) is 3.49. The zero-order valence-electron chi connectivity index (χ0n) is 19.2. The van der Waals surface area contributed by atoms with Gasteiger partial charge in [-0.3, -0.25) is 4.99 Å². The Morgan fingerprint density at radius 3 is 2.38 bits per heavy atom. The number of guanidine groups is 1. The van der Waals surface area contributed by atoms with Gasteiger partial charge in [0, 0.05) is 47.0 Å². The second kappa shape index (κ2) is 15.1. The van der Waals surface area contributed by atoms with Gasteiger partial charge in [-0.05, 0) is 42.5 Å². The SMILES string of the molecule is CN=C(NCc1ccc(OCc2ccccc2)cc1)N1CCC(OCCCOC)CC1.I. The molecule has 0 amide bonds. The monoisotopic (exact) mass is 553 g/mol. The van der Waals surface area contributed by atoms with Crippen molar-refractivity contribution < 1.29 is 14.2 Å². The van der Waals surface area contributed by atoms with Gasteiger partial charge in [-0.2, -0.15) is 0 Å². The third-order valence-electron chi connectivity index (χ3n) is 5.42. The molecule has 0 aromatic heterocycles. The lowest BCUT2D eigenvalue weighted by atomic mass is 10.1. The molecule has 0 unspecified atom stereocenters. The van der Waals surface area contributed by atoms with Gasteiger partial charge in [0.15, 0.2) is 5.96 Å². The summed E-state index contributed by atoms with van der Waals surface area (Å²) in [6.07, 6.45) is 3.35. The number of nitrogens with one attached hydrogen (secondary N) is 1. The summed E-state index contributed by atoms with van der Waals surface area (Å²) in [7, 11) is 3.57. The molecule has 1 N–H and O–H groups in total. The van der Waals surface area contributed by atoms with E-state index in [2.05, 4.69) is 39.5 Å². The predicted octanol–water partition coefficient (Wildman–Crippen LogP) is 4.48. The van der Waals surface area contributed by atoms with Crippen molar-refractivity contribution in [3.63, 3.8) is 0 Å². The third kappa shape index (κ3) is 8.96. The second-order valence-electron chi connectivity index (χ2n) is 7.72. The van der Waals surface area contributed by atoms with Crippen LogP contribution in [0.25, 0.3) is 0 Å². The quantitative estimate of drug-likeness (QED) is 0.204. The maximum atomic E-state index is 5.96. The summed E-state index contributed by atoms with van der Waals surface area (Å²) in [4.78, 5) is 6.78. The van der Waals surface area contributed by atoms with Crippen molar-refractivity contribution >= 4 is 29.9 Å². The van der Waals surface area contributed by atoms with Crippen LogP contribution in [-0.4, -0.2) is 57.4 Å². The van der Waals surface area contributed by atoms with E-state index in [0.717, 1.165) is 63.8 Å². The number of aliphatic imine (C=N–C) groups is 1. The lowest BCUT2D eigenvalue weighted by Gasteiger charge is -2.34. The van der Waals surface area contributed by atoms with Gasteiger partial charge in [-0.15, -0.1) is 24.0 Å². The van der Waals surface area contributed by atoms with Crippen molar-refractivity contribution in [3.8, 4) is 5.75 Å². The number of piperidine rings is 1. The van der Waals surface area contributed by atoms with Crippen LogP contribution in [0.1, 0.15) is 30.4 Å². The van der Waals surface area contributed by atoms with Gasteiger partial charge in [0.1, 0.15) is 12.4 Å². The number of rotatable bonds is 10. The van der Waals surface area contributed by atoms with Crippen LogP contribution >= 0.6 is 24.0 Å². The molecular formula is C25H36IN3O3. The molecule has 176 valence electrons. The van der Waals surface area contributed by atoms with Gasteiger partial charge in [0.05, 0.1) is 6.10 Å². The first-order chi connectivity index (χ1) is 15.3. The molecule has 32 heavy (non-hydrogen) atoms. The molecule has 6 nitrogen and oxygen atoms in total. The number of hydrogen-bond donors (Lipinski definition) is 1. The maximum absolute atomic E-state index is 5.96. The normalized spacial score (nSPS) is 14.7. The van der Waals surface area contributed by atoms with Crippen molar-refractivity contribution in [1.82, 2.24) is 10.2 Å². The maximum Gasteiger partial charge on any atom is 0.193 e.